The molecule has 0 spiro atoms. The molecule has 2 aliphatic heterocycles. The highest BCUT2D eigenvalue weighted by atomic mass is 16.5. The molecule has 2 aliphatic rings. The molecule has 5 nitrogen and oxygen atoms in total. The SMILES string of the molecule is C=C/C1=C(\C=C/C)OC/C=C\C=C/C1=C.C=C/C1=C(\c2c(/C=C\C)c(C=C)n(-c3nccc(C)n3)c2C)C(C)/C=C\C=C/C(C)N1c1cccc(-c2ccccc2)c1.CC.CC.CC. The predicted molar refractivity (Wildman–Crippen MR) is 283 cm³/mol. The van der Waals surface area contributed by atoms with E-state index in [-0.39, 0.29) is 12.0 Å². The summed E-state index contributed by atoms with van der Waals surface area (Å²) in [7, 11) is 0. The molecular weight excluding hydrogens is 781 g/mol. The Labute approximate surface area is 387 Å². The molecular formula is C59H74N4O. The molecule has 2 aromatic carbocycles. The molecule has 2 atom stereocenters. The van der Waals surface area contributed by atoms with E-state index in [0.717, 1.165) is 56.5 Å². The van der Waals surface area contributed by atoms with E-state index in [0.29, 0.717) is 12.6 Å². The smallest absolute Gasteiger partial charge is 0.234 e. The summed E-state index contributed by atoms with van der Waals surface area (Å²) in [5.74, 6) is 1.53. The Bertz CT molecular complexity index is 2390. The summed E-state index contributed by atoms with van der Waals surface area (Å²) in [4.78, 5) is 11.9. The minimum absolute atomic E-state index is 0.0653. The lowest BCUT2D eigenvalue weighted by molar-refractivity contribution is 0.259. The average molecular weight is 855 g/mol. The van der Waals surface area contributed by atoms with Crippen molar-refractivity contribution >= 4 is 23.4 Å². The van der Waals surface area contributed by atoms with Crippen molar-refractivity contribution in [3.05, 3.63) is 223 Å². The number of aryl methyl sites for hydroxylation is 1. The van der Waals surface area contributed by atoms with Crippen LogP contribution in [0, 0.1) is 19.8 Å². The van der Waals surface area contributed by atoms with Crippen molar-refractivity contribution in [2.75, 3.05) is 11.5 Å². The molecule has 2 aromatic heterocycles. The van der Waals surface area contributed by atoms with Crippen LogP contribution in [0.2, 0.25) is 0 Å². The first-order valence-corrected chi connectivity index (χ1v) is 22.8. The Morgan fingerprint density at radius 1 is 0.750 bits per heavy atom. The van der Waals surface area contributed by atoms with Crippen LogP contribution in [0.3, 0.4) is 0 Å². The molecule has 336 valence electrons. The van der Waals surface area contributed by atoms with Gasteiger partial charge in [-0.1, -0.05) is 184 Å². The molecule has 0 bridgehead atoms. The van der Waals surface area contributed by atoms with Crippen molar-refractivity contribution in [2.45, 2.75) is 89.1 Å². The van der Waals surface area contributed by atoms with Gasteiger partial charge in [0.15, 0.2) is 0 Å². The number of allylic oxidation sites excluding steroid dienone is 14. The predicted octanol–water partition coefficient (Wildman–Crippen LogP) is 16.6. The van der Waals surface area contributed by atoms with E-state index in [4.69, 9.17) is 9.72 Å². The molecule has 6 rings (SSSR count). The highest BCUT2D eigenvalue weighted by Gasteiger charge is 2.29. The van der Waals surface area contributed by atoms with Gasteiger partial charge in [-0.15, -0.1) is 0 Å². The van der Waals surface area contributed by atoms with Gasteiger partial charge in [-0.3, -0.25) is 4.57 Å². The Balaban J connectivity index is 0.000000562. The molecule has 4 aromatic rings. The highest BCUT2D eigenvalue weighted by Crippen LogP contribution is 2.42. The van der Waals surface area contributed by atoms with Crippen LogP contribution in [0.25, 0.3) is 34.8 Å². The van der Waals surface area contributed by atoms with Gasteiger partial charge in [0.25, 0.3) is 0 Å². The maximum Gasteiger partial charge on any atom is 0.234 e. The molecule has 0 N–H and O–H groups in total. The maximum atomic E-state index is 5.61. The third kappa shape index (κ3) is 13.6. The molecule has 0 amide bonds. The first-order valence-electron chi connectivity index (χ1n) is 22.8. The summed E-state index contributed by atoms with van der Waals surface area (Å²) in [5.41, 5.74) is 12.7. The van der Waals surface area contributed by atoms with Crippen LogP contribution in [-0.2, 0) is 4.74 Å². The van der Waals surface area contributed by atoms with Gasteiger partial charge < -0.3 is 9.64 Å². The zero-order valence-electron chi connectivity index (χ0n) is 40.9. The van der Waals surface area contributed by atoms with Crippen LogP contribution in [0.15, 0.2) is 195 Å². The second-order valence-electron chi connectivity index (χ2n) is 14.0. The largest absolute Gasteiger partial charge is 0.489 e. The van der Waals surface area contributed by atoms with Gasteiger partial charge in [-0.05, 0) is 99.4 Å². The van der Waals surface area contributed by atoms with Crippen LogP contribution in [0.4, 0.5) is 5.69 Å². The van der Waals surface area contributed by atoms with Crippen LogP contribution < -0.4 is 4.90 Å². The van der Waals surface area contributed by atoms with Crippen LogP contribution in [0.5, 0.6) is 0 Å². The number of ether oxygens (including phenoxy) is 1. The summed E-state index contributed by atoms with van der Waals surface area (Å²) in [6.45, 7) is 41.6. The average Bonchev–Trinajstić information content (AvgIpc) is 3.66. The molecule has 0 saturated heterocycles. The second-order valence-corrected chi connectivity index (χ2v) is 14.0. The molecule has 64 heavy (non-hydrogen) atoms. The molecule has 4 heterocycles. The van der Waals surface area contributed by atoms with E-state index in [2.05, 4.69) is 160 Å². The zero-order valence-corrected chi connectivity index (χ0v) is 40.9. The molecule has 0 aliphatic carbocycles. The fourth-order valence-electron chi connectivity index (χ4n) is 7.33. The van der Waals surface area contributed by atoms with Gasteiger partial charge >= 0.3 is 0 Å². The van der Waals surface area contributed by atoms with Crippen molar-refractivity contribution in [1.29, 1.82) is 0 Å². The minimum Gasteiger partial charge on any atom is -0.489 e. The first kappa shape index (κ1) is 53.4. The van der Waals surface area contributed by atoms with E-state index < -0.39 is 0 Å². The van der Waals surface area contributed by atoms with Crippen LogP contribution >= 0.6 is 0 Å². The van der Waals surface area contributed by atoms with Crippen molar-refractivity contribution in [1.82, 2.24) is 14.5 Å². The third-order valence-corrected chi connectivity index (χ3v) is 10.00. The van der Waals surface area contributed by atoms with Crippen LogP contribution in [-0.4, -0.2) is 27.2 Å². The normalized spacial score (nSPS) is 20.1. The first-order chi connectivity index (χ1) is 31.2. The quantitative estimate of drug-likeness (QED) is 0.168. The topological polar surface area (TPSA) is 43.2 Å². The summed E-state index contributed by atoms with van der Waals surface area (Å²) >= 11 is 0. The van der Waals surface area contributed by atoms with Gasteiger partial charge in [0.2, 0.25) is 5.95 Å². The highest BCUT2D eigenvalue weighted by molar-refractivity contribution is 5.88. The zero-order chi connectivity index (χ0) is 47.6. The lowest BCUT2D eigenvalue weighted by Crippen LogP contribution is -2.31. The second kappa shape index (κ2) is 28.8. The Kier molecular flexibility index (Phi) is 24.0. The molecule has 5 heteroatoms. The van der Waals surface area contributed by atoms with Crippen molar-refractivity contribution in [3.8, 4) is 17.1 Å². The van der Waals surface area contributed by atoms with Crippen LogP contribution in [0.1, 0.15) is 97.4 Å². The van der Waals surface area contributed by atoms with Crippen molar-refractivity contribution < 1.29 is 4.74 Å². The Morgan fingerprint density at radius 3 is 2.05 bits per heavy atom. The van der Waals surface area contributed by atoms with Gasteiger partial charge in [-0.2, -0.15) is 0 Å². The van der Waals surface area contributed by atoms with Gasteiger partial charge in [0.05, 0.1) is 5.69 Å². The standard InChI is InChI=1S/C39H40N4.C14H16O.3C2H6/c1-8-17-34-35(9-2)43(39-40-25-24-28(5)41-39)30(7)38(34)37-27(4)18-14-15-19-29(6)42(36(37)10-3)33-23-16-22-32(26-33)31-20-12-11-13-21-31;1-4-9-14-13(5-2)12(3)10-7-6-8-11-15-14;3*1-2/h8-27,29H,2-3H2,1,4-7H3;4-10H,2-3,11H2,1H3;3*1-2H3/b17-8-,18-14-,19-15-,37-36+;8-6-,9-4-,10-7-,14-13-;;;. The number of rotatable bonds is 9. The van der Waals surface area contributed by atoms with Gasteiger partial charge in [-0.25, -0.2) is 9.97 Å². The fourth-order valence-corrected chi connectivity index (χ4v) is 7.33. The monoisotopic (exact) mass is 855 g/mol. The van der Waals surface area contributed by atoms with Gasteiger partial charge in [0, 0.05) is 57.6 Å². The van der Waals surface area contributed by atoms with E-state index in [9.17, 15) is 0 Å². The van der Waals surface area contributed by atoms with Crippen molar-refractivity contribution in [3.63, 3.8) is 0 Å². The van der Waals surface area contributed by atoms with E-state index >= 15 is 0 Å². The Hall–Kier alpha value is -6.72. The van der Waals surface area contributed by atoms with Gasteiger partial charge in [0.1, 0.15) is 12.4 Å². The summed E-state index contributed by atoms with van der Waals surface area (Å²) in [6.07, 6.45) is 32.3. The van der Waals surface area contributed by atoms with E-state index in [1.807, 2.05) is 116 Å². The minimum atomic E-state index is 0.0653. The summed E-state index contributed by atoms with van der Waals surface area (Å²) < 4.78 is 7.74. The van der Waals surface area contributed by atoms with E-state index in [1.54, 1.807) is 6.08 Å². The summed E-state index contributed by atoms with van der Waals surface area (Å²) in [5, 5.41) is 0. The molecule has 0 radical (unpaired) electrons. The van der Waals surface area contributed by atoms with E-state index in [1.165, 1.54) is 16.7 Å². The number of hydrogen-bond donors (Lipinski definition) is 0. The molecule has 2 unspecified atom stereocenters. The lowest BCUT2D eigenvalue weighted by atomic mass is 9.87. The number of nitrogens with zero attached hydrogens (tertiary/aromatic N) is 4. The number of benzene rings is 2. The molecule has 0 fully saturated rings. The Morgan fingerprint density at radius 2 is 1.42 bits per heavy atom. The number of hydrogen-bond acceptors (Lipinski definition) is 4. The third-order valence-electron chi connectivity index (χ3n) is 10.00. The number of anilines is 1. The maximum absolute atomic E-state index is 5.61. The summed E-state index contributed by atoms with van der Waals surface area (Å²) in [6, 6.07) is 21.3. The molecule has 0 saturated carbocycles. The fraction of sp³-hybridized carbons (Fsp3) is 0.254. The van der Waals surface area contributed by atoms with Crippen molar-refractivity contribution in [2.24, 2.45) is 5.92 Å². The number of aromatic nitrogens is 3. The lowest BCUT2D eigenvalue weighted by Gasteiger charge is -2.34.